The highest BCUT2D eigenvalue weighted by molar-refractivity contribution is 5.68. The fraction of sp³-hybridized carbons (Fsp3) is 0.640. The molecule has 3 saturated carbocycles. The molecule has 0 aromatic carbocycles. The van der Waals surface area contributed by atoms with Gasteiger partial charge in [0.2, 0.25) is 0 Å². The van der Waals surface area contributed by atoms with Crippen molar-refractivity contribution in [1.29, 1.82) is 0 Å². The summed E-state index contributed by atoms with van der Waals surface area (Å²) in [5, 5.41) is 4.09. The summed E-state index contributed by atoms with van der Waals surface area (Å²) in [6.45, 7) is 1.98. The molecule has 0 spiro atoms. The number of carbonyl (C=O) groups is 1. The topological polar surface area (TPSA) is 77.7 Å². The molecule has 0 saturated heterocycles. The summed E-state index contributed by atoms with van der Waals surface area (Å²) < 4.78 is 17.3. The quantitative estimate of drug-likeness (QED) is 0.539. The van der Waals surface area contributed by atoms with Crippen LogP contribution in [0.3, 0.4) is 0 Å². The van der Waals surface area contributed by atoms with Gasteiger partial charge in [-0.05, 0) is 82.3 Å². The highest BCUT2D eigenvalue weighted by atomic mass is 16.6. The van der Waals surface area contributed by atoms with Gasteiger partial charge in [-0.15, -0.1) is 0 Å². The number of ether oxygens (including phenoxy) is 2. The number of pyridine rings is 1. The van der Waals surface area contributed by atoms with Gasteiger partial charge in [0.15, 0.2) is 5.76 Å². The number of aryl methyl sites for hydroxylation is 1. The van der Waals surface area contributed by atoms with Gasteiger partial charge in [-0.1, -0.05) is 11.6 Å². The average Bonchev–Trinajstić information content (AvgIpc) is 3.74. The lowest BCUT2D eigenvalue weighted by atomic mass is 9.98. The second-order valence-corrected chi connectivity index (χ2v) is 9.66. The van der Waals surface area contributed by atoms with Gasteiger partial charge in [-0.2, -0.15) is 0 Å². The van der Waals surface area contributed by atoms with Crippen molar-refractivity contribution in [2.45, 2.75) is 83.5 Å². The zero-order valence-electron chi connectivity index (χ0n) is 19.1. The molecule has 2 aromatic rings. The Balaban J connectivity index is 1.22. The average molecular weight is 440 g/mol. The van der Waals surface area contributed by atoms with E-state index in [1.165, 1.54) is 44.9 Å². The number of carbonyl (C=O) groups excluding carboxylic acids is 1. The largest absolute Gasteiger partial charge is 0.489 e. The summed E-state index contributed by atoms with van der Waals surface area (Å²) in [5.41, 5.74) is 2.13. The fourth-order valence-corrected chi connectivity index (χ4v) is 4.97. The Kier molecular flexibility index (Phi) is 6.07. The van der Waals surface area contributed by atoms with Crippen LogP contribution in [0.2, 0.25) is 0 Å². The monoisotopic (exact) mass is 439 g/mol. The van der Waals surface area contributed by atoms with Gasteiger partial charge in [0.25, 0.3) is 0 Å². The molecular formula is C25H33N3O4. The predicted octanol–water partition coefficient (Wildman–Crippen LogP) is 5.51. The molecule has 2 heterocycles. The maximum absolute atomic E-state index is 12.8. The van der Waals surface area contributed by atoms with Gasteiger partial charge in [0.1, 0.15) is 18.1 Å². The molecule has 2 aromatic heterocycles. The summed E-state index contributed by atoms with van der Waals surface area (Å²) in [6, 6.07) is 4.13. The third-order valence-corrected chi connectivity index (χ3v) is 7.09. The van der Waals surface area contributed by atoms with Crippen molar-refractivity contribution >= 4 is 6.09 Å². The molecule has 0 aliphatic heterocycles. The van der Waals surface area contributed by atoms with Gasteiger partial charge in [-0.3, -0.25) is 0 Å². The van der Waals surface area contributed by atoms with Gasteiger partial charge in [0.05, 0.1) is 23.6 Å². The number of rotatable bonds is 8. The highest BCUT2D eigenvalue weighted by Crippen LogP contribution is 2.47. The van der Waals surface area contributed by atoms with Crippen molar-refractivity contribution in [1.82, 2.24) is 15.0 Å². The first-order valence-corrected chi connectivity index (χ1v) is 12.1. The molecule has 1 amide bonds. The Morgan fingerprint density at radius 1 is 1.12 bits per heavy atom. The third-order valence-electron chi connectivity index (χ3n) is 7.09. The highest BCUT2D eigenvalue weighted by Gasteiger charge is 2.45. The molecule has 3 aliphatic rings. The van der Waals surface area contributed by atoms with Crippen LogP contribution in [-0.4, -0.2) is 40.3 Å². The molecule has 7 heteroatoms. The van der Waals surface area contributed by atoms with E-state index >= 15 is 0 Å². The fourth-order valence-electron chi connectivity index (χ4n) is 4.97. The van der Waals surface area contributed by atoms with Crippen molar-refractivity contribution in [3.8, 4) is 17.2 Å². The molecule has 0 N–H and O–H groups in total. The predicted molar refractivity (Wildman–Crippen MR) is 119 cm³/mol. The van der Waals surface area contributed by atoms with Gasteiger partial charge >= 0.3 is 6.09 Å². The number of nitrogens with zero attached hydrogens (tertiary/aromatic N) is 3. The molecule has 0 unspecified atom stereocenters. The van der Waals surface area contributed by atoms with Crippen LogP contribution in [0.25, 0.3) is 11.5 Å². The summed E-state index contributed by atoms with van der Waals surface area (Å²) in [4.78, 5) is 19.1. The second kappa shape index (κ2) is 9.12. The van der Waals surface area contributed by atoms with E-state index in [-0.39, 0.29) is 18.8 Å². The molecule has 0 radical (unpaired) electrons. The van der Waals surface area contributed by atoms with Crippen LogP contribution >= 0.6 is 0 Å². The molecule has 5 rings (SSSR count). The molecule has 32 heavy (non-hydrogen) atoms. The Hall–Kier alpha value is -2.57. The van der Waals surface area contributed by atoms with Crippen LogP contribution < -0.4 is 4.74 Å². The minimum Gasteiger partial charge on any atom is -0.489 e. The van der Waals surface area contributed by atoms with Crippen LogP contribution in [0.15, 0.2) is 22.9 Å². The number of hydrogen-bond acceptors (Lipinski definition) is 6. The molecule has 7 nitrogen and oxygen atoms in total. The van der Waals surface area contributed by atoms with Crippen LogP contribution in [0.4, 0.5) is 4.79 Å². The molecule has 172 valence electrons. The van der Waals surface area contributed by atoms with Gasteiger partial charge < -0.3 is 18.9 Å². The smallest absolute Gasteiger partial charge is 0.410 e. The Morgan fingerprint density at radius 2 is 1.84 bits per heavy atom. The van der Waals surface area contributed by atoms with E-state index in [0.29, 0.717) is 35.0 Å². The van der Waals surface area contributed by atoms with E-state index in [1.54, 1.807) is 6.20 Å². The van der Waals surface area contributed by atoms with Crippen molar-refractivity contribution in [2.24, 2.45) is 11.8 Å². The lowest BCUT2D eigenvalue weighted by Gasteiger charge is -2.27. The first kappa shape index (κ1) is 21.3. The molecule has 3 fully saturated rings. The summed E-state index contributed by atoms with van der Waals surface area (Å²) in [5.74, 6) is 2.61. The van der Waals surface area contributed by atoms with E-state index in [4.69, 9.17) is 14.0 Å². The zero-order chi connectivity index (χ0) is 22.1. The lowest BCUT2D eigenvalue weighted by molar-refractivity contribution is 0.0824. The molecule has 3 aliphatic carbocycles. The number of aromatic nitrogens is 2. The lowest BCUT2D eigenvalue weighted by Crippen LogP contribution is -2.40. The van der Waals surface area contributed by atoms with E-state index in [2.05, 4.69) is 10.1 Å². The molecule has 0 bridgehead atoms. The van der Waals surface area contributed by atoms with Crippen molar-refractivity contribution in [2.75, 3.05) is 7.05 Å². The van der Waals surface area contributed by atoms with E-state index < -0.39 is 0 Å². The first-order valence-electron chi connectivity index (χ1n) is 12.1. The summed E-state index contributed by atoms with van der Waals surface area (Å²) in [7, 11) is 1.87. The standard InChI is InChI=1S/C25H33N3O4/c1-16-21(15-30-25(29)28(2)23(17-8-9-17)18-10-11-18)24(32-27-16)22-13-12-20(14-26-22)31-19-6-4-3-5-7-19/h12-14,17-19,23H,3-11,15H2,1-2H3. The molecule has 0 atom stereocenters. The van der Waals surface area contributed by atoms with Crippen molar-refractivity contribution in [3.63, 3.8) is 0 Å². The first-order chi connectivity index (χ1) is 15.6. The van der Waals surface area contributed by atoms with Crippen molar-refractivity contribution < 1.29 is 18.8 Å². The number of amides is 1. The van der Waals surface area contributed by atoms with Crippen LogP contribution in [-0.2, 0) is 11.3 Å². The summed E-state index contributed by atoms with van der Waals surface area (Å²) in [6.07, 6.45) is 12.6. The number of hydrogen-bond donors (Lipinski definition) is 0. The minimum atomic E-state index is -0.274. The zero-order valence-corrected chi connectivity index (χ0v) is 19.1. The van der Waals surface area contributed by atoms with E-state index in [0.717, 1.165) is 24.2 Å². The maximum atomic E-state index is 12.8. The molecular weight excluding hydrogens is 406 g/mol. The Labute approximate surface area is 189 Å². The Morgan fingerprint density at radius 3 is 2.47 bits per heavy atom. The van der Waals surface area contributed by atoms with E-state index in [1.807, 2.05) is 31.0 Å². The Bertz CT molecular complexity index is 915. The third kappa shape index (κ3) is 4.76. The minimum absolute atomic E-state index is 0.123. The maximum Gasteiger partial charge on any atom is 0.410 e. The normalized spacial score (nSPS) is 19.2. The van der Waals surface area contributed by atoms with Gasteiger partial charge in [-0.25, -0.2) is 9.78 Å². The van der Waals surface area contributed by atoms with Crippen LogP contribution in [0.1, 0.15) is 69.0 Å². The SMILES string of the molecule is Cc1noc(-c2ccc(OC3CCCCC3)cn2)c1COC(=O)N(C)C(C1CC1)C1CC1. The second-order valence-electron chi connectivity index (χ2n) is 9.66. The van der Waals surface area contributed by atoms with Crippen LogP contribution in [0.5, 0.6) is 5.75 Å². The van der Waals surface area contributed by atoms with Crippen molar-refractivity contribution in [3.05, 3.63) is 29.6 Å². The van der Waals surface area contributed by atoms with Gasteiger partial charge in [0, 0.05) is 13.1 Å². The summed E-state index contributed by atoms with van der Waals surface area (Å²) >= 11 is 0. The van der Waals surface area contributed by atoms with E-state index in [9.17, 15) is 4.79 Å². The van der Waals surface area contributed by atoms with Crippen LogP contribution in [0, 0.1) is 18.8 Å².